The van der Waals surface area contributed by atoms with Crippen LogP contribution in [0.2, 0.25) is 0 Å². The first-order valence-corrected chi connectivity index (χ1v) is 12.9. The first kappa shape index (κ1) is 27.2. The highest BCUT2D eigenvalue weighted by atomic mass is 32.2. The summed E-state index contributed by atoms with van der Waals surface area (Å²) in [6.07, 6.45) is 0. The number of carbonyl (C=O) groups is 1. The van der Waals surface area contributed by atoms with Crippen LogP contribution < -0.4 is 4.72 Å². The molecular formula is C27H40N2O3S. The Balaban J connectivity index is 2.58. The fraction of sp³-hybridized carbons (Fsp3) is 0.519. The molecule has 0 radical (unpaired) electrons. The van der Waals surface area contributed by atoms with Crippen LogP contribution in [0.4, 0.5) is 0 Å². The Labute approximate surface area is 202 Å². The van der Waals surface area contributed by atoms with Crippen LogP contribution in [0.15, 0.2) is 47.4 Å². The van der Waals surface area contributed by atoms with Crippen molar-refractivity contribution in [1.29, 1.82) is 0 Å². The summed E-state index contributed by atoms with van der Waals surface area (Å²) in [6, 6.07) is 13.7. The third-order valence-electron chi connectivity index (χ3n) is 6.13. The van der Waals surface area contributed by atoms with Gasteiger partial charge in [0.05, 0.1) is 24.0 Å². The monoisotopic (exact) mass is 472 g/mol. The largest absolute Gasteiger partial charge is 0.275 e. The van der Waals surface area contributed by atoms with Crippen molar-refractivity contribution >= 4 is 16.9 Å². The Morgan fingerprint density at radius 1 is 0.879 bits per heavy atom. The van der Waals surface area contributed by atoms with Crippen molar-refractivity contribution in [2.45, 2.75) is 77.2 Å². The van der Waals surface area contributed by atoms with Crippen LogP contribution in [-0.2, 0) is 20.6 Å². The van der Waals surface area contributed by atoms with Gasteiger partial charge in [0.15, 0.2) is 0 Å². The lowest BCUT2D eigenvalue weighted by molar-refractivity contribution is -0.173. The number of nitrogens with one attached hydrogen (secondary N) is 1. The van der Waals surface area contributed by atoms with E-state index in [-0.39, 0.29) is 17.7 Å². The summed E-state index contributed by atoms with van der Waals surface area (Å²) >= 11 is 0. The molecule has 5 nitrogen and oxygen atoms in total. The van der Waals surface area contributed by atoms with Crippen LogP contribution in [0.1, 0.15) is 94.5 Å². The lowest BCUT2D eigenvalue weighted by atomic mass is 9.89. The van der Waals surface area contributed by atoms with Gasteiger partial charge in [-0.1, -0.05) is 90.9 Å². The molecule has 182 valence electrons. The summed E-state index contributed by atoms with van der Waals surface area (Å²) in [6.45, 7) is 14.8. The minimum absolute atomic E-state index is 0.181. The summed E-state index contributed by atoms with van der Waals surface area (Å²) in [5.74, 6) is 0.154. The number of benzene rings is 2. The summed E-state index contributed by atoms with van der Waals surface area (Å²) in [7, 11) is 1.55. The quantitative estimate of drug-likeness (QED) is 0.427. The van der Waals surface area contributed by atoms with Crippen molar-refractivity contribution in [3.05, 3.63) is 64.7 Å². The summed E-state index contributed by atoms with van der Waals surface area (Å²) < 4.78 is 17.3. The Hall–Kier alpha value is -2.02. The van der Waals surface area contributed by atoms with Crippen LogP contribution >= 0.6 is 0 Å². The van der Waals surface area contributed by atoms with Gasteiger partial charge in [0.1, 0.15) is 11.0 Å². The fourth-order valence-corrected chi connectivity index (χ4v) is 5.62. The van der Waals surface area contributed by atoms with E-state index in [0.717, 1.165) is 21.6 Å². The third kappa shape index (κ3) is 6.52. The zero-order valence-corrected chi connectivity index (χ0v) is 22.3. The normalized spacial score (nSPS) is 14.5. The van der Waals surface area contributed by atoms with Gasteiger partial charge < -0.3 is 0 Å². The molecule has 3 atom stereocenters. The highest BCUT2D eigenvalue weighted by Crippen LogP contribution is 2.35. The maximum atomic E-state index is 14.0. The van der Waals surface area contributed by atoms with Crippen LogP contribution in [0, 0.1) is 5.92 Å². The lowest BCUT2D eigenvalue weighted by Crippen LogP contribution is -2.39. The zero-order valence-electron chi connectivity index (χ0n) is 21.5. The Bertz CT molecular complexity index is 928. The Morgan fingerprint density at radius 3 is 1.82 bits per heavy atom. The molecule has 0 fully saturated rings. The number of hydrogen-bond donors (Lipinski definition) is 1. The molecule has 0 aliphatic heterocycles. The molecule has 0 aliphatic rings. The highest BCUT2D eigenvalue weighted by molar-refractivity contribution is 7.83. The third-order valence-corrected chi connectivity index (χ3v) is 7.44. The maximum Gasteiger partial charge on any atom is 0.250 e. The second-order valence-corrected chi connectivity index (χ2v) is 10.8. The van der Waals surface area contributed by atoms with Crippen molar-refractivity contribution in [2.75, 3.05) is 14.2 Å². The van der Waals surface area contributed by atoms with Crippen molar-refractivity contribution in [3.8, 4) is 0 Å². The van der Waals surface area contributed by atoms with Gasteiger partial charge in [-0.3, -0.25) is 9.63 Å². The van der Waals surface area contributed by atoms with Crippen molar-refractivity contribution in [3.63, 3.8) is 0 Å². The van der Waals surface area contributed by atoms with E-state index in [1.165, 1.54) is 17.7 Å². The molecule has 33 heavy (non-hydrogen) atoms. The molecule has 0 spiro atoms. The molecule has 0 heterocycles. The lowest BCUT2D eigenvalue weighted by Gasteiger charge is -2.29. The molecule has 2 aromatic rings. The molecule has 2 aromatic carbocycles. The van der Waals surface area contributed by atoms with E-state index in [0.29, 0.717) is 5.92 Å². The van der Waals surface area contributed by atoms with Crippen LogP contribution in [0.3, 0.4) is 0 Å². The SMILES string of the molecule is CON(C)C(=O)[C@@H](C)[C@@H](NS(=O)c1c(C(C)C)cc(C(C)C)cc1C(C)C)c1ccccc1. The van der Waals surface area contributed by atoms with Gasteiger partial charge in [-0.15, -0.1) is 0 Å². The second kappa shape index (κ2) is 11.9. The van der Waals surface area contributed by atoms with E-state index in [2.05, 4.69) is 58.4 Å². The number of hydrogen-bond acceptors (Lipinski definition) is 3. The standard InChI is InChI=1S/C27H40N2O3S/c1-17(2)22-15-23(18(3)4)26(24(16-22)19(5)6)33(31)28-25(21-13-11-10-12-14-21)20(7)27(30)29(8)32-9/h10-20,25,28H,1-9H3/t20-,25+,33?/m0/s1. The summed E-state index contributed by atoms with van der Waals surface area (Å²) in [5.41, 5.74) is 4.35. The predicted octanol–water partition coefficient (Wildman–Crippen LogP) is 6.07. The number of nitrogens with zero attached hydrogens (tertiary/aromatic N) is 1. The smallest absolute Gasteiger partial charge is 0.250 e. The molecule has 1 unspecified atom stereocenters. The first-order chi connectivity index (χ1) is 15.5. The molecule has 6 heteroatoms. The van der Waals surface area contributed by atoms with Gasteiger partial charge in [0, 0.05) is 7.05 Å². The van der Waals surface area contributed by atoms with Crippen molar-refractivity contribution < 1.29 is 13.8 Å². The van der Waals surface area contributed by atoms with E-state index in [9.17, 15) is 9.00 Å². The number of carbonyl (C=O) groups excluding carboxylic acids is 1. The fourth-order valence-electron chi connectivity index (χ4n) is 3.92. The van der Waals surface area contributed by atoms with E-state index >= 15 is 0 Å². The van der Waals surface area contributed by atoms with Gasteiger partial charge >= 0.3 is 0 Å². The second-order valence-electron chi connectivity index (χ2n) is 9.57. The topological polar surface area (TPSA) is 58.6 Å². The highest BCUT2D eigenvalue weighted by Gasteiger charge is 2.31. The van der Waals surface area contributed by atoms with Crippen LogP contribution in [-0.4, -0.2) is 29.3 Å². The van der Waals surface area contributed by atoms with Gasteiger partial charge in [0.25, 0.3) is 5.91 Å². The molecule has 0 saturated heterocycles. The molecule has 0 saturated carbocycles. The average molecular weight is 473 g/mol. The van der Waals surface area contributed by atoms with Gasteiger partial charge in [-0.25, -0.2) is 14.0 Å². The van der Waals surface area contributed by atoms with Crippen molar-refractivity contribution in [1.82, 2.24) is 9.79 Å². The number of rotatable bonds is 10. The maximum absolute atomic E-state index is 14.0. The number of hydroxylamine groups is 2. The average Bonchev–Trinajstić information content (AvgIpc) is 2.80. The van der Waals surface area contributed by atoms with E-state index < -0.39 is 22.9 Å². The summed E-state index contributed by atoms with van der Waals surface area (Å²) in [4.78, 5) is 18.9. The molecule has 2 rings (SSSR count). The first-order valence-electron chi connectivity index (χ1n) is 11.7. The minimum atomic E-state index is -1.51. The zero-order chi connectivity index (χ0) is 24.9. The van der Waals surface area contributed by atoms with Gasteiger partial charge in [-0.2, -0.15) is 0 Å². The van der Waals surface area contributed by atoms with E-state index in [4.69, 9.17) is 4.84 Å². The van der Waals surface area contributed by atoms with Gasteiger partial charge in [-0.05, 0) is 40.0 Å². The summed E-state index contributed by atoms with van der Waals surface area (Å²) in [5, 5.41) is 1.22. The van der Waals surface area contributed by atoms with Crippen LogP contribution in [0.5, 0.6) is 0 Å². The van der Waals surface area contributed by atoms with E-state index in [1.54, 1.807) is 7.05 Å². The minimum Gasteiger partial charge on any atom is -0.275 e. The van der Waals surface area contributed by atoms with Gasteiger partial charge in [0.2, 0.25) is 0 Å². The molecule has 0 aromatic heterocycles. The molecule has 1 N–H and O–H groups in total. The predicted molar refractivity (Wildman–Crippen MR) is 136 cm³/mol. The Morgan fingerprint density at radius 2 is 1.39 bits per heavy atom. The molecule has 1 amide bonds. The van der Waals surface area contributed by atoms with E-state index in [1.807, 2.05) is 37.3 Å². The van der Waals surface area contributed by atoms with Crippen molar-refractivity contribution in [2.24, 2.45) is 5.92 Å². The molecular weight excluding hydrogens is 432 g/mol. The number of amides is 1. The molecule has 0 bridgehead atoms. The van der Waals surface area contributed by atoms with Crippen LogP contribution in [0.25, 0.3) is 0 Å². The Kier molecular flexibility index (Phi) is 9.83. The molecule has 0 aliphatic carbocycles.